The molecule has 1 atom stereocenters. The van der Waals surface area contributed by atoms with Crippen molar-refractivity contribution in [1.82, 2.24) is 14.9 Å². The van der Waals surface area contributed by atoms with Gasteiger partial charge >= 0.3 is 0 Å². The largest absolute Gasteiger partial charge is 0.356 e. The van der Waals surface area contributed by atoms with Crippen LogP contribution in [-0.4, -0.2) is 53.1 Å². The van der Waals surface area contributed by atoms with Gasteiger partial charge in [0.15, 0.2) is 0 Å². The Morgan fingerprint density at radius 1 is 0.700 bits per heavy atom. The minimum atomic E-state index is 0.492. The Labute approximate surface area is 183 Å². The smallest absolute Gasteiger partial charge is 0.225 e. The lowest BCUT2D eigenvalue weighted by atomic mass is 9.94. The van der Waals surface area contributed by atoms with Gasteiger partial charge in [0, 0.05) is 37.3 Å². The lowest BCUT2D eigenvalue weighted by Crippen LogP contribution is -2.43. The van der Waals surface area contributed by atoms with Crippen LogP contribution in [0.4, 0.5) is 11.8 Å². The van der Waals surface area contributed by atoms with Crippen LogP contribution in [0.1, 0.15) is 94.7 Å². The van der Waals surface area contributed by atoms with Gasteiger partial charge in [-0.3, -0.25) is 4.90 Å². The number of anilines is 2. The van der Waals surface area contributed by atoms with E-state index in [9.17, 15) is 0 Å². The molecule has 3 heterocycles. The summed E-state index contributed by atoms with van der Waals surface area (Å²) in [5.74, 6) is 2.17. The molecule has 5 rings (SSSR count). The van der Waals surface area contributed by atoms with Gasteiger partial charge in [-0.1, -0.05) is 38.5 Å². The summed E-state index contributed by atoms with van der Waals surface area (Å²) in [4.78, 5) is 15.6. The number of rotatable bonds is 4. The van der Waals surface area contributed by atoms with E-state index in [1.807, 2.05) is 0 Å². The van der Waals surface area contributed by atoms with Gasteiger partial charge in [-0.25, -0.2) is 4.98 Å². The second-order valence-electron chi connectivity index (χ2n) is 10.2. The van der Waals surface area contributed by atoms with Crippen molar-refractivity contribution in [3.8, 4) is 0 Å². The summed E-state index contributed by atoms with van der Waals surface area (Å²) >= 11 is 0. The molecule has 0 spiro atoms. The fourth-order valence-electron chi connectivity index (χ4n) is 6.27. The first-order chi connectivity index (χ1) is 14.9. The molecule has 0 bridgehead atoms. The molecule has 2 saturated heterocycles. The van der Waals surface area contributed by atoms with Gasteiger partial charge in [0.1, 0.15) is 5.82 Å². The Balaban J connectivity index is 1.32. The monoisotopic (exact) mass is 411 g/mol. The van der Waals surface area contributed by atoms with Crippen LogP contribution in [0.2, 0.25) is 0 Å². The minimum Gasteiger partial charge on any atom is -0.356 e. The van der Waals surface area contributed by atoms with Gasteiger partial charge in [-0.2, -0.15) is 4.98 Å². The van der Waals surface area contributed by atoms with Gasteiger partial charge in [-0.15, -0.1) is 0 Å². The molecule has 0 amide bonds. The summed E-state index contributed by atoms with van der Waals surface area (Å²) in [5.41, 5.74) is 2.77. The summed E-state index contributed by atoms with van der Waals surface area (Å²) in [6, 6.07) is 1.31. The maximum absolute atomic E-state index is 5.16. The highest BCUT2D eigenvalue weighted by atomic mass is 15.3. The van der Waals surface area contributed by atoms with E-state index in [1.165, 1.54) is 133 Å². The number of hydrogen-bond donors (Lipinski definition) is 1. The van der Waals surface area contributed by atoms with E-state index in [1.54, 1.807) is 0 Å². The normalized spacial score (nSPS) is 26.8. The van der Waals surface area contributed by atoms with E-state index < -0.39 is 0 Å². The zero-order chi connectivity index (χ0) is 20.2. The van der Waals surface area contributed by atoms with Crippen molar-refractivity contribution in [2.75, 3.05) is 36.4 Å². The van der Waals surface area contributed by atoms with Crippen molar-refractivity contribution in [3.05, 3.63) is 11.3 Å². The molecule has 2 aliphatic carbocycles. The van der Waals surface area contributed by atoms with Crippen LogP contribution >= 0.6 is 0 Å². The number of hydrogen-bond acceptors (Lipinski definition) is 5. The van der Waals surface area contributed by atoms with Gasteiger partial charge in [0.25, 0.3) is 0 Å². The van der Waals surface area contributed by atoms with Crippen LogP contribution < -0.4 is 10.2 Å². The summed E-state index contributed by atoms with van der Waals surface area (Å²) in [7, 11) is 0. The van der Waals surface area contributed by atoms with Gasteiger partial charge in [0.05, 0.1) is 5.69 Å². The number of likely N-dealkylation sites (tertiary alicyclic amines) is 1. The predicted molar refractivity (Wildman–Crippen MR) is 124 cm³/mol. The van der Waals surface area contributed by atoms with E-state index in [4.69, 9.17) is 9.97 Å². The van der Waals surface area contributed by atoms with Gasteiger partial charge in [-0.05, 0) is 64.3 Å². The molecule has 30 heavy (non-hydrogen) atoms. The van der Waals surface area contributed by atoms with Gasteiger partial charge in [0.2, 0.25) is 5.95 Å². The lowest BCUT2D eigenvalue weighted by Gasteiger charge is -2.35. The van der Waals surface area contributed by atoms with E-state index in [0.29, 0.717) is 6.04 Å². The van der Waals surface area contributed by atoms with E-state index in [2.05, 4.69) is 15.1 Å². The molecule has 2 aliphatic heterocycles. The molecule has 0 radical (unpaired) electrons. The van der Waals surface area contributed by atoms with Crippen LogP contribution in [0, 0.1) is 0 Å². The summed E-state index contributed by atoms with van der Waals surface area (Å²) in [6.07, 6.45) is 19.9. The topological polar surface area (TPSA) is 44.3 Å². The molecule has 5 nitrogen and oxygen atoms in total. The molecule has 1 aromatic heterocycles. The molecule has 4 aliphatic rings. The summed E-state index contributed by atoms with van der Waals surface area (Å²) in [6.45, 7) is 4.79. The summed E-state index contributed by atoms with van der Waals surface area (Å²) in [5, 5.41) is 3.82. The summed E-state index contributed by atoms with van der Waals surface area (Å²) < 4.78 is 0. The standard InChI is InChI=1S/C25H41N5/c1-2-8-17-29(16-7-1)24-22-14-10-15-23(22)27-25(28-24)26-20-11-6-9-18-30(19-20)21-12-4-3-5-13-21/h20-21H,1-19H2,(H,26,27,28)/t20-/m0/s1. The van der Waals surface area contributed by atoms with Crippen LogP contribution in [0.25, 0.3) is 0 Å². The third-order valence-corrected chi connectivity index (χ3v) is 7.94. The SMILES string of the molecule is C1CCC(N2CCCC[C@H](Nc3nc4c(c(N5CCCCCC5)n3)CCC4)C2)CC1. The predicted octanol–water partition coefficient (Wildman–Crippen LogP) is 4.94. The number of nitrogens with one attached hydrogen (secondary N) is 1. The number of nitrogens with zero attached hydrogens (tertiary/aromatic N) is 4. The first-order valence-electron chi connectivity index (χ1n) is 13.0. The van der Waals surface area contributed by atoms with Crippen molar-refractivity contribution in [1.29, 1.82) is 0 Å². The Morgan fingerprint density at radius 3 is 2.27 bits per heavy atom. The highest BCUT2D eigenvalue weighted by Gasteiger charge is 2.28. The van der Waals surface area contributed by atoms with Crippen LogP contribution in [0.3, 0.4) is 0 Å². The third-order valence-electron chi connectivity index (χ3n) is 7.94. The average molecular weight is 412 g/mol. The first kappa shape index (κ1) is 20.5. The zero-order valence-corrected chi connectivity index (χ0v) is 18.9. The maximum atomic E-state index is 5.16. The second-order valence-corrected chi connectivity index (χ2v) is 10.2. The molecule has 1 N–H and O–H groups in total. The average Bonchev–Trinajstić information content (AvgIpc) is 2.96. The molecular weight excluding hydrogens is 370 g/mol. The molecule has 5 heteroatoms. The molecule has 3 fully saturated rings. The molecule has 1 saturated carbocycles. The van der Waals surface area contributed by atoms with Crippen molar-refractivity contribution < 1.29 is 0 Å². The van der Waals surface area contributed by atoms with Crippen LogP contribution in [-0.2, 0) is 12.8 Å². The number of fused-ring (bicyclic) bond motifs is 1. The third kappa shape index (κ3) is 4.76. The molecular formula is C25H41N5. The van der Waals surface area contributed by atoms with Crippen molar-refractivity contribution in [2.45, 2.75) is 108 Å². The van der Waals surface area contributed by atoms with Crippen molar-refractivity contribution in [2.24, 2.45) is 0 Å². The van der Waals surface area contributed by atoms with E-state index in [0.717, 1.165) is 18.4 Å². The van der Waals surface area contributed by atoms with E-state index in [-0.39, 0.29) is 0 Å². The minimum absolute atomic E-state index is 0.492. The zero-order valence-electron chi connectivity index (χ0n) is 18.9. The van der Waals surface area contributed by atoms with Crippen molar-refractivity contribution >= 4 is 11.8 Å². The highest BCUT2D eigenvalue weighted by molar-refractivity contribution is 5.54. The quantitative estimate of drug-likeness (QED) is 0.760. The molecule has 1 aromatic rings. The molecule has 0 unspecified atom stereocenters. The first-order valence-corrected chi connectivity index (χ1v) is 13.0. The molecule has 0 aromatic carbocycles. The van der Waals surface area contributed by atoms with Crippen molar-refractivity contribution in [3.63, 3.8) is 0 Å². The number of aryl methyl sites for hydroxylation is 1. The Morgan fingerprint density at radius 2 is 1.43 bits per heavy atom. The van der Waals surface area contributed by atoms with Crippen LogP contribution in [0.15, 0.2) is 0 Å². The van der Waals surface area contributed by atoms with Crippen LogP contribution in [0.5, 0.6) is 0 Å². The lowest BCUT2D eigenvalue weighted by molar-refractivity contribution is 0.158. The Kier molecular flexibility index (Phi) is 6.74. The Bertz CT molecular complexity index is 691. The fraction of sp³-hybridized carbons (Fsp3) is 0.840. The molecule has 166 valence electrons. The van der Waals surface area contributed by atoms with Gasteiger partial charge < -0.3 is 10.2 Å². The highest BCUT2D eigenvalue weighted by Crippen LogP contribution is 2.32. The number of aromatic nitrogens is 2. The van der Waals surface area contributed by atoms with E-state index >= 15 is 0 Å². The second kappa shape index (κ2) is 9.84. The fourth-order valence-corrected chi connectivity index (χ4v) is 6.27. The Hall–Kier alpha value is -1.36. The maximum Gasteiger partial charge on any atom is 0.225 e.